The highest BCUT2D eigenvalue weighted by molar-refractivity contribution is 7.87. The Labute approximate surface area is 246 Å². The number of esters is 1. The van der Waals surface area contributed by atoms with Gasteiger partial charge >= 0.3 is 21.6 Å². The smallest absolute Gasteiger partial charge is 0.453 e. The highest BCUT2D eigenvalue weighted by Crippen LogP contribution is 2.51. The van der Waals surface area contributed by atoms with Crippen LogP contribution >= 0.6 is 0 Å². The van der Waals surface area contributed by atoms with E-state index >= 15 is 0 Å². The van der Waals surface area contributed by atoms with Gasteiger partial charge in [-0.05, 0) is 39.8 Å². The molecule has 43 heavy (non-hydrogen) atoms. The molecule has 4 rings (SSSR count). The number of alkyl halides is 3. The van der Waals surface area contributed by atoms with Crippen LogP contribution in [-0.2, 0) is 56.9 Å². The van der Waals surface area contributed by atoms with Gasteiger partial charge in [-0.25, -0.2) is 4.79 Å². The van der Waals surface area contributed by atoms with Crippen LogP contribution in [0.1, 0.15) is 38.1 Å². The second kappa shape index (κ2) is 11.5. The van der Waals surface area contributed by atoms with E-state index in [0.29, 0.717) is 0 Å². The number of carbonyl (C=O) groups is 1. The van der Waals surface area contributed by atoms with Crippen molar-refractivity contribution >= 4 is 16.1 Å². The van der Waals surface area contributed by atoms with Crippen LogP contribution in [0.2, 0.25) is 0 Å². The van der Waals surface area contributed by atoms with Gasteiger partial charge in [0.15, 0.2) is 6.10 Å². The molecule has 0 N–H and O–H groups in total. The Hall–Kier alpha value is -1.93. The summed E-state index contributed by atoms with van der Waals surface area (Å²) in [5.41, 5.74) is -5.70. The molecule has 1 aromatic carbocycles. The highest BCUT2D eigenvalue weighted by atomic mass is 32.2. The van der Waals surface area contributed by atoms with Crippen LogP contribution in [0.3, 0.4) is 0 Å². The van der Waals surface area contributed by atoms with Crippen molar-refractivity contribution in [2.75, 3.05) is 28.4 Å². The summed E-state index contributed by atoms with van der Waals surface area (Å²) in [6.45, 7) is 5.55. The minimum absolute atomic E-state index is 0.120. The van der Waals surface area contributed by atoms with Crippen molar-refractivity contribution < 1.29 is 73.2 Å². The zero-order valence-corrected chi connectivity index (χ0v) is 25.5. The maximum Gasteiger partial charge on any atom is 0.523 e. The molecule has 17 heteroatoms. The Morgan fingerprint density at radius 2 is 1.05 bits per heavy atom. The van der Waals surface area contributed by atoms with Crippen molar-refractivity contribution in [3.05, 3.63) is 35.9 Å². The van der Waals surface area contributed by atoms with Crippen LogP contribution in [-0.4, -0.2) is 108 Å². The summed E-state index contributed by atoms with van der Waals surface area (Å²) in [5.74, 6) is -8.12. The first-order valence-electron chi connectivity index (χ1n) is 13.0. The number of carbonyl (C=O) groups excluding carboxylic acids is 1. The lowest BCUT2D eigenvalue weighted by atomic mass is 9.81. The average molecular weight is 645 g/mol. The van der Waals surface area contributed by atoms with Crippen LogP contribution in [0.5, 0.6) is 0 Å². The molecule has 3 unspecified atom stereocenters. The predicted octanol–water partition coefficient (Wildman–Crippen LogP) is 2.48. The van der Waals surface area contributed by atoms with Crippen LogP contribution in [0.15, 0.2) is 30.3 Å². The molecule has 2 aliphatic heterocycles. The number of benzene rings is 1. The Morgan fingerprint density at radius 3 is 1.37 bits per heavy atom. The Balaban J connectivity index is 1.91. The third kappa shape index (κ3) is 5.57. The van der Waals surface area contributed by atoms with Gasteiger partial charge in [0.1, 0.15) is 30.5 Å². The van der Waals surface area contributed by atoms with Crippen LogP contribution < -0.4 is 0 Å². The quantitative estimate of drug-likeness (QED) is 0.233. The van der Waals surface area contributed by atoms with Gasteiger partial charge in [-0.2, -0.15) is 21.6 Å². The molecule has 3 fully saturated rings. The molecule has 0 aromatic heterocycles. The Kier molecular flexibility index (Phi) is 9.05. The molecule has 0 amide bonds. The lowest BCUT2D eigenvalue weighted by molar-refractivity contribution is -0.501. The second-order valence-corrected chi connectivity index (χ2v) is 12.2. The number of rotatable bonds is 8. The third-order valence-corrected chi connectivity index (χ3v) is 9.41. The van der Waals surface area contributed by atoms with E-state index in [1.54, 1.807) is 18.2 Å². The zero-order chi connectivity index (χ0) is 32.2. The fourth-order valence-electron chi connectivity index (χ4n) is 5.27. The van der Waals surface area contributed by atoms with Crippen molar-refractivity contribution in [2.45, 2.75) is 93.0 Å². The monoisotopic (exact) mass is 644 g/mol. The standard InChI is InChI=1S/C26H35F3O13S/c1-22(33-5)24(3,35-7)40-18-16(38-22)15(37-21(30)14-12-10-9-11-13-14)17-19(20(18)42-43(31,32)26(27,28)29)41-25(4,36-8)23(2,34-6)39-17/h9-13,15-20H,1-8H3/t15?,16-,17?,18+,19-,20?,22+,23-,24+,25-/m1/s1. The average Bonchev–Trinajstić information content (AvgIpc) is 2.96. The molecule has 244 valence electrons. The number of ether oxygens (including phenoxy) is 9. The summed E-state index contributed by atoms with van der Waals surface area (Å²) < 4.78 is 123. The molecule has 2 heterocycles. The van der Waals surface area contributed by atoms with Gasteiger partial charge < -0.3 is 42.6 Å². The predicted molar refractivity (Wildman–Crippen MR) is 137 cm³/mol. The maximum absolute atomic E-state index is 13.6. The van der Waals surface area contributed by atoms with E-state index in [2.05, 4.69) is 0 Å². The minimum atomic E-state index is -6.26. The van der Waals surface area contributed by atoms with Crippen molar-refractivity contribution in [3.63, 3.8) is 0 Å². The van der Waals surface area contributed by atoms with Crippen molar-refractivity contribution in [1.82, 2.24) is 0 Å². The number of hydrogen-bond acceptors (Lipinski definition) is 13. The number of hydrogen-bond donors (Lipinski definition) is 0. The first-order chi connectivity index (χ1) is 19.8. The molecular formula is C26H35F3O13S. The second-order valence-electron chi connectivity index (χ2n) is 10.6. The summed E-state index contributed by atoms with van der Waals surface area (Å²) in [6.07, 6.45) is -10.2. The summed E-state index contributed by atoms with van der Waals surface area (Å²) in [7, 11) is -1.32. The summed E-state index contributed by atoms with van der Waals surface area (Å²) in [4.78, 5) is 13.3. The fourth-order valence-corrected chi connectivity index (χ4v) is 5.89. The molecule has 1 aliphatic carbocycles. The molecule has 10 atom stereocenters. The topological polar surface area (TPSA) is 144 Å². The van der Waals surface area contributed by atoms with Gasteiger partial charge in [-0.15, -0.1) is 0 Å². The van der Waals surface area contributed by atoms with Crippen LogP contribution in [0.4, 0.5) is 13.2 Å². The van der Waals surface area contributed by atoms with E-state index in [-0.39, 0.29) is 5.56 Å². The van der Waals surface area contributed by atoms with Gasteiger partial charge in [0, 0.05) is 28.4 Å². The Bertz CT molecular complexity index is 1230. The summed E-state index contributed by atoms with van der Waals surface area (Å²) >= 11 is 0. The first-order valence-corrected chi connectivity index (χ1v) is 14.4. The Morgan fingerprint density at radius 1 is 0.698 bits per heavy atom. The van der Waals surface area contributed by atoms with E-state index < -0.39 is 81.4 Å². The zero-order valence-electron chi connectivity index (χ0n) is 24.7. The fraction of sp³-hybridized carbons (Fsp3) is 0.731. The summed E-state index contributed by atoms with van der Waals surface area (Å²) in [6, 6.07) is 7.80. The van der Waals surface area contributed by atoms with E-state index in [4.69, 9.17) is 46.8 Å². The van der Waals surface area contributed by atoms with E-state index in [9.17, 15) is 26.4 Å². The first kappa shape index (κ1) is 34.0. The van der Waals surface area contributed by atoms with E-state index in [0.717, 1.165) is 0 Å². The molecule has 0 radical (unpaired) electrons. The van der Waals surface area contributed by atoms with Gasteiger partial charge in [0.25, 0.3) is 0 Å². The molecule has 0 bridgehead atoms. The summed E-state index contributed by atoms with van der Waals surface area (Å²) in [5, 5.41) is 0. The SMILES string of the molecule is CO[C@@]1(C)O[C@@H]2C(OC(=O)c3ccccc3)C3O[C@@](C)(OC)[C@](C)(OC)O[C@H]3C(OS(=O)(=O)C(F)(F)F)[C@H]2O[C@]1(C)OC. The van der Waals surface area contributed by atoms with E-state index in [1.165, 1.54) is 68.3 Å². The number of fused-ring (bicyclic) bond motifs is 2. The third-order valence-electron chi connectivity index (χ3n) is 8.37. The van der Waals surface area contributed by atoms with Crippen LogP contribution in [0, 0.1) is 0 Å². The van der Waals surface area contributed by atoms with Gasteiger partial charge in [-0.3, -0.25) is 4.18 Å². The highest BCUT2D eigenvalue weighted by Gasteiger charge is 2.71. The van der Waals surface area contributed by atoms with Crippen molar-refractivity contribution in [2.24, 2.45) is 0 Å². The van der Waals surface area contributed by atoms with Crippen molar-refractivity contribution in [1.29, 1.82) is 0 Å². The molecule has 2 saturated heterocycles. The minimum Gasteiger partial charge on any atom is -0.453 e. The molecule has 1 saturated carbocycles. The molecule has 3 aliphatic rings. The molecule has 13 nitrogen and oxygen atoms in total. The molecule has 0 spiro atoms. The maximum atomic E-state index is 13.6. The normalized spacial score (nSPS) is 41.7. The molecular weight excluding hydrogens is 609 g/mol. The van der Waals surface area contributed by atoms with E-state index in [1.807, 2.05) is 0 Å². The van der Waals surface area contributed by atoms with Gasteiger partial charge in [0.2, 0.25) is 23.1 Å². The lowest BCUT2D eigenvalue weighted by Crippen LogP contribution is -2.80. The van der Waals surface area contributed by atoms with Gasteiger partial charge in [0.05, 0.1) is 5.56 Å². The van der Waals surface area contributed by atoms with Crippen molar-refractivity contribution in [3.8, 4) is 0 Å². The van der Waals surface area contributed by atoms with Gasteiger partial charge in [-0.1, -0.05) is 18.2 Å². The lowest BCUT2D eigenvalue weighted by Gasteiger charge is -2.61. The van der Waals surface area contributed by atoms with Crippen LogP contribution in [0.25, 0.3) is 0 Å². The number of methoxy groups -OCH3 is 4. The largest absolute Gasteiger partial charge is 0.523 e. The molecule has 1 aromatic rings. The number of halogens is 3.